The highest BCUT2D eigenvalue weighted by Gasteiger charge is 2.27. The van der Waals surface area contributed by atoms with Crippen LogP contribution in [0.3, 0.4) is 0 Å². The predicted octanol–water partition coefficient (Wildman–Crippen LogP) is 2.20. The summed E-state index contributed by atoms with van der Waals surface area (Å²) in [6.07, 6.45) is 3.40. The van der Waals surface area contributed by atoms with E-state index in [-0.39, 0.29) is 17.8 Å². The van der Waals surface area contributed by atoms with E-state index in [9.17, 15) is 0 Å². The highest BCUT2D eigenvalue weighted by molar-refractivity contribution is 7.62. The fourth-order valence-corrected chi connectivity index (χ4v) is 3.75. The number of aromatic nitrogens is 3. The Hall–Kier alpha value is -2.92. The summed E-state index contributed by atoms with van der Waals surface area (Å²) >= 11 is 0. The minimum Gasteiger partial charge on any atom is -0.448 e. The van der Waals surface area contributed by atoms with E-state index in [2.05, 4.69) is 33.2 Å². The van der Waals surface area contributed by atoms with Gasteiger partial charge < -0.3 is 16.0 Å². The fourth-order valence-electron chi connectivity index (χ4n) is 2.20. The molecule has 0 bridgehead atoms. The van der Waals surface area contributed by atoms with Gasteiger partial charge in [-0.3, -0.25) is 5.09 Å². The van der Waals surface area contributed by atoms with Gasteiger partial charge in [0.1, 0.15) is 5.76 Å². The van der Waals surface area contributed by atoms with Crippen LogP contribution in [-0.2, 0) is 4.52 Å². The van der Waals surface area contributed by atoms with Gasteiger partial charge in [-0.25, -0.2) is 0 Å². The number of anilines is 3. The summed E-state index contributed by atoms with van der Waals surface area (Å²) in [6.45, 7) is 7.64. The predicted molar refractivity (Wildman–Crippen MR) is 93.7 cm³/mol. The van der Waals surface area contributed by atoms with Crippen LogP contribution in [-0.4, -0.2) is 15.0 Å². The average Bonchev–Trinajstić information content (AvgIpc) is 2.53. The van der Waals surface area contributed by atoms with Crippen molar-refractivity contribution in [1.29, 1.82) is 0 Å². The van der Waals surface area contributed by atoms with Crippen molar-refractivity contribution >= 4 is 37.0 Å². The smallest absolute Gasteiger partial charge is 0.235 e. The van der Waals surface area contributed by atoms with Crippen LogP contribution in [0, 0.1) is 0 Å². The molecule has 1 atom stereocenters. The zero-order valence-electron chi connectivity index (χ0n) is 12.2. The number of allylic oxidation sites excluding steroid dienone is 3. The van der Waals surface area contributed by atoms with Crippen molar-refractivity contribution in [3.8, 4) is 0 Å². The summed E-state index contributed by atoms with van der Waals surface area (Å²) in [5.41, 5.74) is 13.1. The van der Waals surface area contributed by atoms with Crippen LogP contribution in [0.15, 0.2) is 55.3 Å². The van der Waals surface area contributed by atoms with Gasteiger partial charge in [0, 0.05) is 10.9 Å². The lowest BCUT2D eigenvalue weighted by molar-refractivity contribution is 0.503. The Morgan fingerprint density at radius 1 is 1.04 bits per heavy atom. The first kappa shape index (κ1) is 15.0. The molecule has 3 rings (SSSR count). The maximum atomic E-state index is 6.01. The largest absolute Gasteiger partial charge is 0.448 e. The topological polar surface area (TPSA) is 112 Å². The minimum atomic E-state index is -1.26. The van der Waals surface area contributed by atoms with Crippen LogP contribution in [0.1, 0.15) is 5.56 Å². The molecule has 1 aromatic heterocycles. The Morgan fingerprint density at radius 3 is 2.39 bits per heavy atom. The molecule has 0 amide bonds. The molecule has 2 heterocycles. The van der Waals surface area contributed by atoms with Crippen LogP contribution in [0.5, 0.6) is 0 Å². The lowest BCUT2D eigenvalue weighted by Gasteiger charge is -2.28. The van der Waals surface area contributed by atoms with Crippen molar-refractivity contribution < 1.29 is 4.52 Å². The monoisotopic (exact) mass is 326 g/mol. The summed E-state index contributed by atoms with van der Waals surface area (Å²) in [4.78, 5) is 11.8. The Bertz CT molecular complexity index is 799. The van der Waals surface area contributed by atoms with Gasteiger partial charge in [-0.2, -0.15) is 15.0 Å². The Labute approximate surface area is 134 Å². The van der Waals surface area contributed by atoms with Crippen molar-refractivity contribution in [3.05, 3.63) is 60.9 Å². The number of benzene rings is 1. The molecule has 2 aromatic rings. The van der Waals surface area contributed by atoms with E-state index in [0.29, 0.717) is 5.76 Å². The minimum absolute atomic E-state index is 0.0477. The van der Waals surface area contributed by atoms with Gasteiger partial charge in [-0.1, -0.05) is 37.4 Å². The number of nitrogen functional groups attached to an aromatic ring is 2. The third kappa shape index (κ3) is 2.86. The summed E-state index contributed by atoms with van der Waals surface area (Å²) in [5, 5.41) is 4.12. The highest BCUT2D eigenvalue weighted by Crippen LogP contribution is 2.46. The second-order valence-corrected chi connectivity index (χ2v) is 6.05. The molecule has 0 radical (unpaired) electrons. The third-order valence-electron chi connectivity index (χ3n) is 3.13. The van der Waals surface area contributed by atoms with E-state index >= 15 is 0 Å². The molecule has 0 spiro atoms. The van der Waals surface area contributed by atoms with Crippen LogP contribution in [0.25, 0.3) is 5.57 Å². The van der Waals surface area contributed by atoms with E-state index in [1.54, 1.807) is 12.2 Å². The lowest BCUT2D eigenvalue weighted by atomic mass is 10.0. The first-order valence-corrected chi connectivity index (χ1v) is 7.98. The molecule has 1 aromatic carbocycles. The van der Waals surface area contributed by atoms with Gasteiger partial charge in [-0.05, 0) is 17.7 Å². The van der Waals surface area contributed by atoms with Crippen LogP contribution < -0.4 is 21.9 Å². The molecular weight excluding hydrogens is 311 g/mol. The van der Waals surface area contributed by atoms with Crippen molar-refractivity contribution in [1.82, 2.24) is 15.0 Å². The molecule has 1 aliphatic rings. The molecule has 1 aliphatic heterocycles. The Kier molecular flexibility index (Phi) is 3.95. The van der Waals surface area contributed by atoms with Gasteiger partial charge in [0.2, 0.25) is 26.1 Å². The number of nitrogens with zero attached hydrogens (tertiary/aromatic N) is 3. The van der Waals surface area contributed by atoms with E-state index in [4.69, 9.17) is 16.0 Å². The molecule has 23 heavy (non-hydrogen) atoms. The quantitative estimate of drug-likeness (QED) is 0.738. The molecule has 0 saturated carbocycles. The van der Waals surface area contributed by atoms with Crippen LogP contribution in [0.2, 0.25) is 0 Å². The standard InChI is InChI=1S/C15H15N6OP/c1-3-9-10-7-5-6-8-12(10)23(22-11(9)4-2)21-15-19-13(16)18-14(17)20-15/h3-8H,1-2H2,(H5,16,17,18,19,20,21). The fraction of sp³-hybridized carbons (Fsp3) is 0. The number of hydrogen-bond donors (Lipinski definition) is 3. The normalized spacial score (nSPS) is 16.3. The molecule has 1 unspecified atom stereocenters. The van der Waals surface area contributed by atoms with Gasteiger partial charge in [0.25, 0.3) is 0 Å². The maximum absolute atomic E-state index is 6.01. The second kappa shape index (κ2) is 6.06. The summed E-state index contributed by atoms with van der Waals surface area (Å²) in [5.74, 6) is 1.01. The molecule has 0 saturated heterocycles. The second-order valence-electron chi connectivity index (χ2n) is 4.58. The molecule has 116 valence electrons. The van der Waals surface area contributed by atoms with Crippen LogP contribution in [0.4, 0.5) is 17.8 Å². The van der Waals surface area contributed by atoms with E-state index in [1.165, 1.54) is 0 Å². The van der Waals surface area contributed by atoms with Crippen molar-refractivity contribution in [2.75, 3.05) is 16.6 Å². The number of fused-ring (bicyclic) bond motifs is 1. The first-order chi connectivity index (χ1) is 11.1. The van der Waals surface area contributed by atoms with Crippen molar-refractivity contribution in [2.45, 2.75) is 0 Å². The molecule has 7 nitrogen and oxygen atoms in total. The third-order valence-corrected chi connectivity index (χ3v) is 4.74. The summed E-state index contributed by atoms with van der Waals surface area (Å²) < 4.78 is 6.01. The first-order valence-electron chi connectivity index (χ1n) is 6.72. The highest BCUT2D eigenvalue weighted by atomic mass is 31.2. The average molecular weight is 326 g/mol. The van der Waals surface area contributed by atoms with E-state index < -0.39 is 8.30 Å². The lowest BCUT2D eigenvalue weighted by Crippen LogP contribution is -2.19. The molecular formula is C15H15N6OP. The number of nitrogens with two attached hydrogens (primary N) is 2. The van der Waals surface area contributed by atoms with Gasteiger partial charge >= 0.3 is 0 Å². The molecule has 0 fully saturated rings. The maximum Gasteiger partial charge on any atom is 0.235 e. The Balaban J connectivity index is 2.03. The van der Waals surface area contributed by atoms with Crippen LogP contribution >= 0.6 is 8.30 Å². The zero-order chi connectivity index (χ0) is 16.4. The Morgan fingerprint density at radius 2 is 1.74 bits per heavy atom. The summed E-state index contributed by atoms with van der Waals surface area (Å²) in [6, 6.07) is 7.88. The number of nitrogens with one attached hydrogen (secondary N) is 1. The molecule has 0 aliphatic carbocycles. The molecule has 5 N–H and O–H groups in total. The molecule has 8 heteroatoms. The van der Waals surface area contributed by atoms with Gasteiger partial charge in [0.05, 0.1) is 0 Å². The van der Waals surface area contributed by atoms with Gasteiger partial charge in [-0.15, -0.1) is 0 Å². The summed E-state index contributed by atoms with van der Waals surface area (Å²) in [7, 11) is -1.26. The number of rotatable bonds is 4. The SMILES string of the molecule is C=CC1=C(C=C)c2ccccc2P(Nc2nc(N)nc(N)n2)O1. The van der Waals surface area contributed by atoms with Crippen molar-refractivity contribution in [3.63, 3.8) is 0 Å². The zero-order valence-corrected chi connectivity index (χ0v) is 13.1. The van der Waals surface area contributed by atoms with E-state index in [1.807, 2.05) is 24.3 Å². The number of hydrogen-bond acceptors (Lipinski definition) is 7. The van der Waals surface area contributed by atoms with Crippen molar-refractivity contribution in [2.24, 2.45) is 0 Å². The van der Waals surface area contributed by atoms with E-state index in [0.717, 1.165) is 16.4 Å². The van der Waals surface area contributed by atoms with Gasteiger partial charge in [0.15, 0.2) is 0 Å².